The summed E-state index contributed by atoms with van der Waals surface area (Å²) in [5, 5.41) is 18.3. The van der Waals surface area contributed by atoms with Crippen molar-refractivity contribution in [1.82, 2.24) is 0 Å². The molecule has 0 saturated heterocycles. The highest BCUT2D eigenvalue weighted by molar-refractivity contribution is 9.11. The number of halogens is 3. The third-order valence-electron chi connectivity index (χ3n) is 1.57. The number of carbonyl (C=O) groups is 1. The fraction of sp³-hybridized carbons (Fsp3) is 0.125. The molecule has 3 nitrogen and oxygen atoms in total. The lowest BCUT2D eigenvalue weighted by Gasteiger charge is -2.09. The number of carboxylic acid groups (broad SMARTS) is 1. The van der Waals surface area contributed by atoms with E-state index in [2.05, 4.69) is 31.9 Å². The molecule has 76 valence electrons. The Morgan fingerprint density at radius 1 is 1.36 bits per heavy atom. The summed E-state index contributed by atoms with van der Waals surface area (Å²) >= 11 is 12.0. The maximum atomic E-state index is 10.5. The summed E-state index contributed by atoms with van der Waals surface area (Å²) in [7, 11) is 0. The number of hydrogen-bond donors (Lipinski definition) is 2. The number of aliphatic hydroxyl groups is 1. The first-order valence-electron chi connectivity index (χ1n) is 3.48. The Morgan fingerprint density at radius 2 is 1.93 bits per heavy atom. The molecule has 1 rings (SSSR count). The Hall–Kier alpha value is -0.100. The molecule has 0 saturated carbocycles. The number of carboxylic acids is 1. The van der Waals surface area contributed by atoms with Gasteiger partial charge in [-0.3, -0.25) is 0 Å². The molecule has 1 aromatic rings. The van der Waals surface area contributed by atoms with Crippen LogP contribution in [0.4, 0.5) is 0 Å². The molecule has 14 heavy (non-hydrogen) atoms. The van der Waals surface area contributed by atoms with Gasteiger partial charge in [0.05, 0.1) is 5.02 Å². The topological polar surface area (TPSA) is 57.5 Å². The molecule has 0 aromatic heterocycles. The molecular weight excluding hydrogens is 339 g/mol. The van der Waals surface area contributed by atoms with Gasteiger partial charge in [0.1, 0.15) is 0 Å². The molecule has 0 radical (unpaired) electrons. The predicted octanol–water partition coefficient (Wildman–Crippen LogP) is 2.98. The molecule has 1 unspecified atom stereocenters. The summed E-state index contributed by atoms with van der Waals surface area (Å²) in [5.74, 6) is -1.31. The lowest BCUT2D eigenvalue weighted by atomic mass is 10.1. The number of aliphatic carboxylic acids is 1. The van der Waals surface area contributed by atoms with E-state index in [0.717, 1.165) is 0 Å². The average Bonchev–Trinajstić information content (AvgIpc) is 2.10. The molecule has 0 aliphatic heterocycles. The van der Waals surface area contributed by atoms with E-state index in [-0.39, 0.29) is 5.56 Å². The van der Waals surface area contributed by atoms with Crippen LogP contribution < -0.4 is 0 Å². The van der Waals surface area contributed by atoms with Gasteiger partial charge in [0, 0.05) is 14.5 Å². The largest absolute Gasteiger partial charge is 0.479 e. The molecule has 0 fully saturated rings. The zero-order valence-corrected chi connectivity index (χ0v) is 10.6. The van der Waals surface area contributed by atoms with E-state index >= 15 is 0 Å². The van der Waals surface area contributed by atoms with Gasteiger partial charge in [-0.25, -0.2) is 4.79 Å². The van der Waals surface area contributed by atoms with Gasteiger partial charge in [0.25, 0.3) is 0 Å². The highest BCUT2D eigenvalue weighted by Gasteiger charge is 2.19. The third kappa shape index (κ3) is 2.48. The maximum Gasteiger partial charge on any atom is 0.337 e. The zero-order chi connectivity index (χ0) is 10.9. The molecular formula is C8H5Br2ClO3. The van der Waals surface area contributed by atoms with E-state index in [1.807, 2.05) is 0 Å². The Balaban J connectivity index is 3.22. The summed E-state index contributed by atoms with van der Waals surface area (Å²) in [6.45, 7) is 0. The Labute approximate surface area is 102 Å². The summed E-state index contributed by atoms with van der Waals surface area (Å²) in [6, 6.07) is 2.98. The second kappa shape index (κ2) is 4.61. The lowest BCUT2D eigenvalue weighted by Crippen LogP contribution is -2.11. The standard InChI is InChI=1S/C8H5Br2ClO3/c9-4-2-6(11)5(10)1-3(4)7(12)8(13)14/h1-2,7,12H,(H,13,14). The minimum atomic E-state index is -1.56. The van der Waals surface area contributed by atoms with E-state index in [9.17, 15) is 9.90 Å². The molecule has 1 aromatic carbocycles. The van der Waals surface area contributed by atoms with E-state index in [1.165, 1.54) is 12.1 Å². The fourth-order valence-corrected chi connectivity index (χ4v) is 2.10. The van der Waals surface area contributed by atoms with Crippen molar-refractivity contribution in [2.75, 3.05) is 0 Å². The van der Waals surface area contributed by atoms with Gasteiger partial charge in [0.15, 0.2) is 6.10 Å². The molecule has 1 atom stereocenters. The van der Waals surface area contributed by atoms with Crippen LogP contribution in [0.15, 0.2) is 21.1 Å². The maximum absolute atomic E-state index is 10.5. The molecule has 0 amide bonds. The SMILES string of the molecule is O=C(O)C(O)c1cc(Br)c(Cl)cc1Br. The van der Waals surface area contributed by atoms with Crippen LogP contribution in [0.5, 0.6) is 0 Å². The summed E-state index contributed by atoms with van der Waals surface area (Å²) in [6.07, 6.45) is -1.56. The van der Waals surface area contributed by atoms with Gasteiger partial charge >= 0.3 is 5.97 Å². The van der Waals surface area contributed by atoms with Gasteiger partial charge in [0.2, 0.25) is 0 Å². The van der Waals surface area contributed by atoms with Gasteiger partial charge in [-0.1, -0.05) is 27.5 Å². The minimum Gasteiger partial charge on any atom is -0.479 e. The van der Waals surface area contributed by atoms with Crippen LogP contribution in [0, 0.1) is 0 Å². The molecule has 2 N–H and O–H groups in total. The molecule has 0 spiro atoms. The average molecular weight is 344 g/mol. The first-order chi connectivity index (χ1) is 6.43. The Kier molecular flexibility index (Phi) is 3.94. The third-order valence-corrected chi connectivity index (χ3v) is 3.45. The highest BCUT2D eigenvalue weighted by atomic mass is 79.9. The van der Waals surface area contributed by atoms with Gasteiger partial charge in [-0.05, 0) is 28.1 Å². The first-order valence-corrected chi connectivity index (χ1v) is 5.45. The monoisotopic (exact) mass is 342 g/mol. The second-order valence-electron chi connectivity index (χ2n) is 2.53. The van der Waals surface area contributed by atoms with Crippen molar-refractivity contribution in [1.29, 1.82) is 0 Å². The zero-order valence-electron chi connectivity index (χ0n) is 6.67. The van der Waals surface area contributed by atoms with E-state index in [4.69, 9.17) is 16.7 Å². The molecule has 0 aliphatic carbocycles. The van der Waals surface area contributed by atoms with Crippen molar-refractivity contribution in [3.63, 3.8) is 0 Å². The lowest BCUT2D eigenvalue weighted by molar-refractivity contribution is -0.147. The van der Waals surface area contributed by atoms with Gasteiger partial charge in [-0.15, -0.1) is 0 Å². The van der Waals surface area contributed by atoms with Crippen LogP contribution in [0.25, 0.3) is 0 Å². The number of aliphatic hydroxyl groups excluding tert-OH is 1. The molecule has 0 aliphatic rings. The summed E-state index contributed by atoms with van der Waals surface area (Å²) in [5.41, 5.74) is 0.258. The van der Waals surface area contributed by atoms with Crippen molar-refractivity contribution < 1.29 is 15.0 Å². The number of hydrogen-bond acceptors (Lipinski definition) is 2. The van der Waals surface area contributed by atoms with Crippen LogP contribution in [0.1, 0.15) is 11.7 Å². The van der Waals surface area contributed by atoms with Gasteiger partial charge < -0.3 is 10.2 Å². The first kappa shape index (κ1) is 12.0. The van der Waals surface area contributed by atoms with Crippen LogP contribution in [0.2, 0.25) is 5.02 Å². The van der Waals surface area contributed by atoms with Crippen molar-refractivity contribution in [3.8, 4) is 0 Å². The number of rotatable bonds is 2. The van der Waals surface area contributed by atoms with Crippen molar-refractivity contribution in [3.05, 3.63) is 31.7 Å². The summed E-state index contributed by atoms with van der Waals surface area (Å²) < 4.78 is 0.998. The van der Waals surface area contributed by atoms with Crippen molar-refractivity contribution in [2.24, 2.45) is 0 Å². The van der Waals surface area contributed by atoms with Crippen molar-refractivity contribution in [2.45, 2.75) is 6.10 Å². The van der Waals surface area contributed by atoms with Gasteiger partial charge in [-0.2, -0.15) is 0 Å². The van der Waals surface area contributed by atoms with E-state index in [1.54, 1.807) is 0 Å². The van der Waals surface area contributed by atoms with Crippen molar-refractivity contribution >= 4 is 49.4 Å². The Morgan fingerprint density at radius 3 is 2.43 bits per heavy atom. The van der Waals surface area contributed by atoms with Crippen LogP contribution in [-0.4, -0.2) is 16.2 Å². The van der Waals surface area contributed by atoms with E-state index in [0.29, 0.717) is 14.0 Å². The second-order valence-corrected chi connectivity index (χ2v) is 4.64. The molecule has 0 heterocycles. The molecule has 6 heteroatoms. The van der Waals surface area contributed by atoms with E-state index < -0.39 is 12.1 Å². The number of benzene rings is 1. The smallest absolute Gasteiger partial charge is 0.337 e. The highest BCUT2D eigenvalue weighted by Crippen LogP contribution is 2.32. The summed E-state index contributed by atoms with van der Waals surface area (Å²) in [4.78, 5) is 10.5. The quantitative estimate of drug-likeness (QED) is 0.811. The Bertz CT molecular complexity index is 381. The van der Waals surface area contributed by atoms with Crippen LogP contribution >= 0.6 is 43.5 Å². The van der Waals surface area contributed by atoms with Crippen LogP contribution in [0.3, 0.4) is 0 Å². The molecule has 0 bridgehead atoms. The minimum absolute atomic E-state index is 0.258. The van der Waals surface area contributed by atoms with Crippen LogP contribution in [-0.2, 0) is 4.79 Å². The fourth-order valence-electron chi connectivity index (χ4n) is 0.881. The predicted molar refractivity (Wildman–Crippen MR) is 59.4 cm³/mol. The normalized spacial score (nSPS) is 12.6.